The van der Waals surface area contributed by atoms with Crippen LogP contribution in [0.25, 0.3) is 6.08 Å². The van der Waals surface area contributed by atoms with Gasteiger partial charge in [-0.1, -0.05) is 35.3 Å². The summed E-state index contributed by atoms with van der Waals surface area (Å²) in [5.74, 6) is -4.56. The van der Waals surface area contributed by atoms with Gasteiger partial charge in [-0.05, 0) is 41.5 Å². The fraction of sp³-hybridized carbons (Fsp3) is 0.176. The highest BCUT2D eigenvalue weighted by molar-refractivity contribution is 7.93. The highest BCUT2D eigenvalue weighted by Gasteiger charge is 2.27. The van der Waals surface area contributed by atoms with Crippen molar-refractivity contribution in [2.75, 3.05) is 0 Å². The van der Waals surface area contributed by atoms with E-state index >= 15 is 0 Å². The van der Waals surface area contributed by atoms with Crippen molar-refractivity contribution in [1.82, 2.24) is 0 Å². The molecule has 0 fully saturated rings. The molecular formula is C17H13Cl2F3O2S. The molecule has 0 unspecified atom stereocenters. The Kier molecular flexibility index (Phi) is 5.86. The Balaban J connectivity index is 2.32. The van der Waals surface area contributed by atoms with Gasteiger partial charge in [0.15, 0.2) is 9.84 Å². The zero-order chi connectivity index (χ0) is 18.8. The van der Waals surface area contributed by atoms with Crippen LogP contribution in [0.4, 0.5) is 13.2 Å². The second kappa shape index (κ2) is 7.40. The van der Waals surface area contributed by atoms with Crippen LogP contribution in [0.5, 0.6) is 0 Å². The van der Waals surface area contributed by atoms with Gasteiger partial charge in [0.05, 0.1) is 5.75 Å². The molecule has 0 aliphatic rings. The molecule has 0 aliphatic heterocycles. The predicted molar refractivity (Wildman–Crippen MR) is 94.1 cm³/mol. The Hall–Kier alpha value is -1.50. The van der Waals surface area contributed by atoms with E-state index in [1.165, 1.54) is 18.2 Å². The molecule has 2 aromatic carbocycles. The van der Waals surface area contributed by atoms with Gasteiger partial charge in [-0.25, -0.2) is 21.6 Å². The largest absolute Gasteiger partial charge is 0.271 e. The number of rotatable bonds is 5. The zero-order valence-corrected chi connectivity index (χ0v) is 15.3. The SMILES string of the molecule is CC(F)(F)c1cc(F)ccc1/C=C/S(=O)(=O)Cc1ccc(Cl)cc1Cl. The van der Waals surface area contributed by atoms with Crippen molar-refractivity contribution in [3.63, 3.8) is 0 Å². The van der Waals surface area contributed by atoms with Gasteiger partial charge in [0.2, 0.25) is 0 Å². The quantitative estimate of drug-likeness (QED) is 0.623. The lowest BCUT2D eigenvalue weighted by molar-refractivity contribution is 0.0169. The molecule has 0 radical (unpaired) electrons. The molecule has 0 N–H and O–H groups in total. The molecule has 134 valence electrons. The van der Waals surface area contributed by atoms with Gasteiger partial charge in [0, 0.05) is 27.9 Å². The number of sulfone groups is 1. The second-order valence-electron chi connectivity index (χ2n) is 5.47. The highest BCUT2D eigenvalue weighted by Crippen LogP contribution is 2.31. The summed E-state index contributed by atoms with van der Waals surface area (Å²) in [6.45, 7) is 0.612. The Labute approximate surface area is 153 Å². The third-order valence-corrected chi connectivity index (χ3v) is 5.17. The van der Waals surface area contributed by atoms with Crippen LogP contribution in [0, 0.1) is 5.82 Å². The Bertz CT molecular complexity index is 920. The van der Waals surface area contributed by atoms with Gasteiger partial charge in [-0.15, -0.1) is 0 Å². The van der Waals surface area contributed by atoms with Crippen molar-refractivity contribution in [2.45, 2.75) is 18.6 Å². The molecule has 0 aromatic heterocycles. The minimum atomic E-state index is -3.79. The summed E-state index contributed by atoms with van der Waals surface area (Å²) < 4.78 is 64.8. The molecular weight excluding hydrogens is 396 g/mol. The summed E-state index contributed by atoms with van der Waals surface area (Å²) in [5, 5.41) is 1.36. The van der Waals surface area contributed by atoms with Gasteiger partial charge in [0.1, 0.15) is 5.82 Å². The lowest BCUT2D eigenvalue weighted by Crippen LogP contribution is -2.10. The van der Waals surface area contributed by atoms with E-state index in [0.717, 1.165) is 23.6 Å². The first-order valence-electron chi connectivity index (χ1n) is 7.00. The highest BCUT2D eigenvalue weighted by atomic mass is 35.5. The standard InChI is InChI=1S/C17H13Cl2F3O2S/c1-17(21,22)15-9-14(20)5-3-11(15)6-7-25(23,24)10-12-2-4-13(18)8-16(12)19/h2-9H,10H2,1H3/b7-6+. The normalized spacial score (nSPS) is 12.7. The fourth-order valence-corrected chi connectivity index (χ4v) is 3.82. The monoisotopic (exact) mass is 408 g/mol. The lowest BCUT2D eigenvalue weighted by atomic mass is 10.0. The number of alkyl halides is 2. The van der Waals surface area contributed by atoms with E-state index in [2.05, 4.69) is 0 Å². The first-order valence-corrected chi connectivity index (χ1v) is 9.48. The Morgan fingerprint density at radius 3 is 2.40 bits per heavy atom. The summed E-state index contributed by atoms with van der Waals surface area (Å²) in [5.41, 5.74) is -0.348. The Morgan fingerprint density at radius 2 is 1.80 bits per heavy atom. The van der Waals surface area contributed by atoms with E-state index in [0.29, 0.717) is 23.6 Å². The molecule has 2 rings (SSSR count). The minimum Gasteiger partial charge on any atom is -0.224 e. The van der Waals surface area contributed by atoms with Crippen LogP contribution in [0.15, 0.2) is 41.8 Å². The maximum Gasteiger partial charge on any atom is 0.271 e. The molecule has 0 heterocycles. The molecule has 0 aliphatic carbocycles. The minimum absolute atomic E-state index is 0.0836. The number of benzene rings is 2. The molecule has 25 heavy (non-hydrogen) atoms. The van der Waals surface area contributed by atoms with Gasteiger partial charge in [0.25, 0.3) is 5.92 Å². The molecule has 0 saturated heterocycles. The van der Waals surface area contributed by atoms with Crippen molar-refractivity contribution in [3.05, 3.63) is 74.4 Å². The number of hydrogen-bond donors (Lipinski definition) is 0. The molecule has 0 spiro atoms. The maximum atomic E-state index is 13.6. The lowest BCUT2D eigenvalue weighted by Gasteiger charge is -2.13. The summed E-state index contributed by atoms with van der Waals surface area (Å²) in [4.78, 5) is 0. The van der Waals surface area contributed by atoms with E-state index in [1.807, 2.05) is 0 Å². The van der Waals surface area contributed by atoms with E-state index in [1.54, 1.807) is 0 Å². The van der Waals surface area contributed by atoms with Crippen molar-refractivity contribution in [2.24, 2.45) is 0 Å². The average Bonchev–Trinajstić information content (AvgIpc) is 2.48. The van der Waals surface area contributed by atoms with Gasteiger partial charge >= 0.3 is 0 Å². The molecule has 0 amide bonds. The van der Waals surface area contributed by atoms with Crippen LogP contribution in [0.2, 0.25) is 10.0 Å². The fourth-order valence-electron chi connectivity index (χ4n) is 2.13. The van der Waals surface area contributed by atoms with Crippen LogP contribution in [0.1, 0.15) is 23.6 Å². The van der Waals surface area contributed by atoms with E-state index in [4.69, 9.17) is 23.2 Å². The summed E-state index contributed by atoms with van der Waals surface area (Å²) in [6.07, 6.45) is 1.02. The third kappa shape index (κ3) is 5.49. The van der Waals surface area contributed by atoms with Crippen LogP contribution in [-0.2, 0) is 21.5 Å². The number of hydrogen-bond acceptors (Lipinski definition) is 2. The van der Waals surface area contributed by atoms with Crippen molar-refractivity contribution < 1.29 is 21.6 Å². The topological polar surface area (TPSA) is 34.1 Å². The summed E-state index contributed by atoms with van der Waals surface area (Å²) in [6, 6.07) is 7.15. The van der Waals surface area contributed by atoms with E-state index in [9.17, 15) is 21.6 Å². The zero-order valence-electron chi connectivity index (χ0n) is 12.9. The van der Waals surface area contributed by atoms with Crippen LogP contribution in [-0.4, -0.2) is 8.42 Å². The van der Waals surface area contributed by atoms with Crippen LogP contribution >= 0.6 is 23.2 Å². The summed E-state index contributed by atoms with van der Waals surface area (Å²) >= 11 is 11.7. The number of halogens is 5. The molecule has 8 heteroatoms. The molecule has 0 bridgehead atoms. The molecule has 2 aromatic rings. The van der Waals surface area contributed by atoms with Crippen molar-refractivity contribution >= 4 is 39.1 Å². The molecule has 2 nitrogen and oxygen atoms in total. The smallest absolute Gasteiger partial charge is 0.224 e. The van der Waals surface area contributed by atoms with Crippen LogP contribution < -0.4 is 0 Å². The van der Waals surface area contributed by atoms with E-state index < -0.39 is 32.9 Å². The van der Waals surface area contributed by atoms with Gasteiger partial charge in [-0.3, -0.25) is 0 Å². The summed E-state index contributed by atoms with van der Waals surface area (Å²) in [7, 11) is -3.79. The second-order valence-corrected chi connectivity index (χ2v) is 8.20. The van der Waals surface area contributed by atoms with Gasteiger partial charge < -0.3 is 0 Å². The van der Waals surface area contributed by atoms with Crippen molar-refractivity contribution in [1.29, 1.82) is 0 Å². The Morgan fingerprint density at radius 1 is 1.12 bits per heavy atom. The third-order valence-electron chi connectivity index (χ3n) is 3.32. The molecule has 0 saturated carbocycles. The van der Waals surface area contributed by atoms with E-state index in [-0.39, 0.29) is 10.6 Å². The van der Waals surface area contributed by atoms with Crippen LogP contribution in [0.3, 0.4) is 0 Å². The maximum absolute atomic E-state index is 13.6. The average molecular weight is 409 g/mol. The van der Waals surface area contributed by atoms with Gasteiger partial charge in [-0.2, -0.15) is 0 Å². The molecule has 0 atom stereocenters. The first kappa shape index (κ1) is 19.8. The first-order chi connectivity index (χ1) is 11.5. The van der Waals surface area contributed by atoms with Crippen molar-refractivity contribution in [3.8, 4) is 0 Å². The predicted octanol–water partition coefficient (Wildman–Crippen LogP) is 5.83.